The number of hydrogen-bond donors (Lipinski definition) is 0. The fourth-order valence-corrected chi connectivity index (χ4v) is 3.73. The molecule has 0 saturated carbocycles. The lowest BCUT2D eigenvalue weighted by atomic mass is 10.1. The molecule has 8 nitrogen and oxygen atoms in total. The number of nitrogens with zero attached hydrogens (tertiary/aromatic N) is 6. The van der Waals surface area contributed by atoms with Gasteiger partial charge in [-0.2, -0.15) is 19.0 Å². The Morgan fingerprint density at radius 3 is 2.63 bits per heavy atom. The van der Waals surface area contributed by atoms with Crippen LogP contribution in [-0.4, -0.2) is 52.8 Å². The molecule has 0 N–H and O–H groups in total. The van der Waals surface area contributed by atoms with Crippen LogP contribution in [0.25, 0.3) is 10.9 Å². The van der Waals surface area contributed by atoms with Crippen molar-refractivity contribution in [1.29, 1.82) is 5.26 Å². The Hall–Kier alpha value is -3.32. The first-order valence-corrected chi connectivity index (χ1v) is 9.53. The first-order valence-electron chi connectivity index (χ1n) is 9.53. The number of benzene rings is 1. The van der Waals surface area contributed by atoms with Crippen LogP contribution in [-0.2, 0) is 0 Å². The highest BCUT2D eigenvalue weighted by molar-refractivity contribution is 5.95. The van der Waals surface area contributed by atoms with Gasteiger partial charge in [0.25, 0.3) is 0 Å². The summed E-state index contributed by atoms with van der Waals surface area (Å²) in [6.07, 6.45) is 1.52. The van der Waals surface area contributed by atoms with E-state index in [-0.39, 0.29) is 11.8 Å². The molecular weight excluding hydrogens is 394 g/mol. The van der Waals surface area contributed by atoms with Crippen LogP contribution in [0.5, 0.6) is 5.75 Å². The molecule has 1 atom stereocenters. The number of fused-ring (bicyclic) bond motifs is 1. The summed E-state index contributed by atoms with van der Waals surface area (Å²) in [6, 6.07) is 6.73. The molecule has 3 aromatic rings. The number of nitriles is 1. The van der Waals surface area contributed by atoms with Crippen molar-refractivity contribution in [3.05, 3.63) is 41.7 Å². The van der Waals surface area contributed by atoms with Gasteiger partial charge in [-0.25, -0.2) is 0 Å². The van der Waals surface area contributed by atoms with Gasteiger partial charge in [-0.3, -0.25) is 9.88 Å². The largest absolute Gasteiger partial charge is 0.435 e. The first kappa shape index (κ1) is 20.0. The van der Waals surface area contributed by atoms with E-state index in [1.807, 2.05) is 6.92 Å². The Morgan fingerprint density at radius 2 is 2.00 bits per heavy atom. The molecule has 4 rings (SSSR count). The summed E-state index contributed by atoms with van der Waals surface area (Å²) >= 11 is 0. The number of alkyl halides is 2. The zero-order valence-electron chi connectivity index (χ0n) is 16.5. The van der Waals surface area contributed by atoms with E-state index in [1.54, 1.807) is 13.0 Å². The third-order valence-electron chi connectivity index (χ3n) is 5.24. The molecule has 2 aromatic heterocycles. The number of anilines is 1. The van der Waals surface area contributed by atoms with Crippen molar-refractivity contribution < 1.29 is 18.0 Å². The molecular formula is C20H20F2N6O2. The van der Waals surface area contributed by atoms with Gasteiger partial charge in [0.05, 0.1) is 22.8 Å². The Labute approximate surface area is 171 Å². The summed E-state index contributed by atoms with van der Waals surface area (Å²) in [5.74, 6) is 1.20. The van der Waals surface area contributed by atoms with Crippen molar-refractivity contribution in [2.75, 3.05) is 31.1 Å². The second-order valence-corrected chi connectivity index (χ2v) is 7.07. The average molecular weight is 414 g/mol. The van der Waals surface area contributed by atoms with Crippen molar-refractivity contribution in [2.24, 2.45) is 0 Å². The molecule has 0 bridgehead atoms. The van der Waals surface area contributed by atoms with Crippen LogP contribution in [0.15, 0.2) is 28.9 Å². The molecule has 1 aromatic carbocycles. The van der Waals surface area contributed by atoms with Gasteiger partial charge in [0.1, 0.15) is 11.8 Å². The van der Waals surface area contributed by atoms with Crippen molar-refractivity contribution in [3.63, 3.8) is 0 Å². The predicted molar refractivity (Wildman–Crippen MR) is 104 cm³/mol. The molecule has 30 heavy (non-hydrogen) atoms. The highest BCUT2D eigenvalue weighted by Gasteiger charge is 2.27. The number of pyridine rings is 1. The number of halogens is 2. The zero-order chi connectivity index (χ0) is 21.3. The van der Waals surface area contributed by atoms with Crippen molar-refractivity contribution >= 4 is 16.6 Å². The standard InChI is InChI=1S/C20H20F2N6O2/c1-12(19-25-13(2)26-30-19)27-5-7-28(8-6-27)18-14(10-23)11-24-17-4-3-15(9-16(17)18)29-20(21)22/h3-4,9,11-12,20H,5-8H2,1-2H3. The lowest BCUT2D eigenvalue weighted by Crippen LogP contribution is -2.47. The second kappa shape index (κ2) is 8.20. The summed E-state index contributed by atoms with van der Waals surface area (Å²) in [5.41, 5.74) is 1.69. The summed E-state index contributed by atoms with van der Waals surface area (Å²) in [7, 11) is 0. The maximum atomic E-state index is 12.7. The Bertz CT molecular complexity index is 1090. The fraction of sp³-hybridized carbons (Fsp3) is 0.400. The minimum absolute atomic E-state index is 0.0241. The van der Waals surface area contributed by atoms with Gasteiger partial charge in [0.2, 0.25) is 5.89 Å². The smallest absolute Gasteiger partial charge is 0.387 e. The molecule has 1 aliphatic rings. The minimum Gasteiger partial charge on any atom is -0.435 e. The van der Waals surface area contributed by atoms with E-state index >= 15 is 0 Å². The fourth-order valence-electron chi connectivity index (χ4n) is 3.73. The van der Waals surface area contributed by atoms with E-state index in [1.165, 1.54) is 18.3 Å². The van der Waals surface area contributed by atoms with Crippen LogP contribution in [0.3, 0.4) is 0 Å². The number of hydrogen-bond acceptors (Lipinski definition) is 8. The molecule has 1 saturated heterocycles. The summed E-state index contributed by atoms with van der Waals surface area (Å²) < 4.78 is 35.1. The van der Waals surface area contributed by atoms with Crippen LogP contribution >= 0.6 is 0 Å². The Balaban J connectivity index is 1.60. The summed E-state index contributed by atoms with van der Waals surface area (Å²) in [6.45, 7) is 3.59. The van der Waals surface area contributed by atoms with Crippen molar-refractivity contribution in [3.8, 4) is 11.8 Å². The van der Waals surface area contributed by atoms with Crippen molar-refractivity contribution in [2.45, 2.75) is 26.5 Å². The molecule has 0 radical (unpaired) electrons. The van der Waals surface area contributed by atoms with Gasteiger partial charge in [0, 0.05) is 37.8 Å². The molecule has 0 spiro atoms. The zero-order valence-corrected chi connectivity index (χ0v) is 16.5. The third kappa shape index (κ3) is 3.89. The van der Waals surface area contributed by atoms with Gasteiger partial charge in [-0.1, -0.05) is 5.16 Å². The quantitative estimate of drug-likeness (QED) is 0.628. The number of piperazine rings is 1. The highest BCUT2D eigenvalue weighted by atomic mass is 19.3. The van der Waals surface area contributed by atoms with Gasteiger partial charge in [-0.15, -0.1) is 0 Å². The molecule has 1 aliphatic heterocycles. The van der Waals surface area contributed by atoms with E-state index < -0.39 is 6.61 Å². The average Bonchev–Trinajstić information content (AvgIpc) is 3.18. The maximum absolute atomic E-state index is 12.7. The molecule has 1 unspecified atom stereocenters. The SMILES string of the molecule is Cc1noc(C(C)N2CCN(c3c(C#N)cnc4ccc(OC(F)F)cc34)CC2)n1. The Kier molecular flexibility index (Phi) is 5.46. The second-order valence-electron chi connectivity index (χ2n) is 7.07. The van der Waals surface area contributed by atoms with Gasteiger partial charge >= 0.3 is 6.61 Å². The van der Waals surface area contributed by atoms with Crippen LogP contribution in [0.4, 0.5) is 14.5 Å². The van der Waals surface area contributed by atoms with Gasteiger partial charge < -0.3 is 14.2 Å². The minimum atomic E-state index is -2.92. The Morgan fingerprint density at radius 1 is 1.23 bits per heavy atom. The molecule has 10 heteroatoms. The molecule has 3 heterocycles. The molecule has 0 aliphatic carbocycles. The van der Waals surface area contributed by atoms with E-state index in [9.17, 15) is 14.0 Å². The van der Waals surface area contributed by atoms with Crippen LogP contribution in [0, 0.1) is 18.3 Å². The van der Waals surface area contributed by atoms with Gasteiger partial charge in [-0.05, 0) is 32.0 Å². The number of ether oxygens (including phenoxy) is 1. The normalized spacial score (nSPS) is 16.1. The maximum Gasteiger partial charge on any atom is 0.387 e. The number of aromatic nitrogens is 3. The lowest BCUT2D eigenvalue weighted by molar-refractivity contribution is -0.0497. The predicted octanol–water partition coefficient (Wildman–Crippen LogP) is 3.28. The number of rotatable bonds is 5. The topological polar surface area (TPSA) is 91.3 Å². The van der Waals surface area contributed by atoms with E-state index in [0.717, 1.165) is 0 Å². The summed E-state index contributed by atoms with van der Waals surface area (Å²) in [5, 5.41) is 14.1. The molecule has 1 fully saturated rings. The highest BCUT2D eigenvalue weighted by Crippen LogP contribution is 2.33. The molecule has 156 valence electrons. The molecule has 0 amide bonds. The van der Waals surface area contributed by atoms with Gasteiger partial charge in [0.15, 0.2) is 5.82 Å². The van der Waals surface area contributed by atoms with Crippen molar-refractivity contribution in [1.82, 2.24) is 20.0 Å². The monoisotopic (exact) mass is 414 g/mol. The third-order valence-corrected chi connectivity index (χ3v) is 5.24. The summed E-state index contributed by atoms with van der Waals surface area (Å²) in [4.78, 5) is 12.9. The van der Waals surface area contributed by atoms with Crippen LogP contribution < -0.4 is 9.64 Å². The van der Waals surface area contributed by atoms with E-state index in [0.29, 0.717) is 60.0 Å². The van der Waals surface area contributed by atoms with E-state index in [4.69, 9.17) is 4.52 Å². The first-order chi connectivity index (χ1) is 14.5. The lowest BCUT2D eigenvalue weighted by Gasteiger charge is -2.38. The van der Waals surface area contributed by atoms with E-state index in [2.05, 4.69) is 35.7 Å². The van der Waals surface area contributed by atoms with Crippen LogP contribution in [0.2, 0.25) is 0 Å². The number of aryl methyl sites for hydroxylation is 1. The van der Waals surface area contributed by atoms with Crippen LogP contribution in [0.1, 0.15) is 30.2 Å².